The molecule has 0 saturated carbocycles. The first-order chi connectivity index (χ1) is 9.49. The van der Waals surface area contributed by atoms with Gasteiger partial charge in [-0.2, -0.15) is 4.98 Å². The van der Waals surface area contributed by atoms with Crippen molar-refractivity contribution in [3.8, 4) is 5.88 Å². The number of hydrogen-bond donors (Lipinski definition) is 2. The summed E-state index contributed by atoms with van der Waals surface area (Å²) in [5, 5.41) is 12.0. The molecule has 104 valence electrons. The van der Waals surface area contributed by atoms with Gasteiger partial charge in [-0.15, -0.1) is 0 Å². The predicted molar refractivity (Wildman–Crippen MR) is 74.7 cm³/mol. The Kier molecular flexibility index (Phi) is 3.84. The second kappa shape index (κ2) is 5.56. The average molecular weight is 273 g/mol. The van der Waals surface area contributed by atoms with E-state index in [1.165, 1.54) is 7.11 Å². The Bertz CT molecular complexity index is 656. The van der Waals surface area contributed by atoms with E-state index in [0.717, 1.165) is 11.4 Å². The number of hydrogen-bond acceptors (Lipinski definition) is 5. The number of nitrogens with one attached hydrogen (secondary N) is 1. The number of aryl methyl sites for hydroxylation is 2. The summed E-state index contributed by atoms with van der Waals surface area (Å²) in [5.74, 6) is -0.0641. The van der Waals surface area contributed by atoms with Crippen LogP contribution in [0.4, 0.5) is 11.6 Å². The van der Waals surface area contributed by atoms with Crippen LogP contribution in [0.5, 0.6) is 5.88 Å². The molecular weight excluding hydrogens is 258 g/mol. The molecule has 0 amide bonds. The topological polar surface area (TPSA) is 84.3 Å². The largest absolute Gasteiger partial charge is 0.481 e. The normalized spacial score (nSPS) is 10.2. The van der Waals surface area contributed by atoms with Crippen molar-refractivity contribution >= 4 is 17.6 Å². The lowest BCUT2D eigenvalue weighted by atomic mass is 10.1. The van der Waals surface area contributed by atoms with Crippen LogP contribution in [0.1, 0.15) is 21.6 Å². The zero-order valence-electron chi connectivity index (χ0n) is 11.5. The average Bonchev–Trinajstić information content (AvgIpc) is 2.37. The lowest BCUT2D eigenvalue weighted by Gasteiger charge is -2.09. The van der Waals surface area contributed by atoms with Gasteiger partial charge in [0.1, 0.15) is 0 Å². The number of carboxylic acids is 1. The van der Waals surface area contributed by atoms with Crippen molar-refractivity contribution in [1.29, 1.82) is 0 Å². The number of anilines is 2. The van der Waals surface area contributed by atoms with E-state index in [9.17, 15) is 4.79 Å². The van der Waals surface area contributed by atoms with Gasteiger partial charge in [0.2, 0.25) is 11.8 Å². The van der Waals surface area contributed by atoms with Crippen LogP contribution in [0, 0.1) is 13.8 Å². The first-order valence-electron chi connectivity index (χ1n) is 6.00. The molecule has 1 heterocycles. The van der Waals surface area contributed by atoms with Gasteiger partial charge in [-0.1, -0.05) is 0 Å². The van der Waals surface area contributed by atoms with Crippen molar-refractivity contribution < 1.29 is 14.6 Å². The van der Waals surface area contributed by atoms with E-state index >= 15 is 0 Å². The van der Waals surface area contributed by atoms with Crippen molar-refractivity contribution in [3.05, 3.63) is 41.1 Å². The first kappa shape index (κ1) is 13.8. The van der Waals surface area contributed by atoms with Crippen LogP contribution in [0.2, 0.25) is 0 Å². The Morgan fingerprint density at radius 1 is 1.25 bits per heavy atom. The highest BCUT2D eigenvalue weighted by Crippen LogP contribution is 2.19. The first-order valence-corrected chi connectivity index (χ1v) is 6.00. The fourth-order valence-corrected chi connectivity index (χ4v) is 1.81. The lowest BCUT2D eigenvalue weighted by molar-refractivity contribution is 0.0696. The van der Waals surface area contributed by atoms with Crippen LogP contribution in [-0.2, 0) is 0 Å². The number of nitrogens with zero attached hydrogens (tertiary/aromatic N) is 2. The van der Waals surface area contributed by atoms with Gasteiger partial charge >= 0.3 is 5.97 Å². The zero-order chi connectivity index (χ0) is 14.7. The maximum atomic E-state index is 11.0. The molecule has 0 saturated heterocycles. The molecule has 0 aliphatic heterocycles. The van der Waals surface area contributed by atoms with Gasteiger partial charge in [0.25, 0.3) is 0 Å². The van der Waals surface area contributed by atoms with Crippen LogP contribution < -0.4 is 10.1 Å². The van der Waals surface area contributed by atoms with Crippen molar-refractivity contribution in [3.63, 3.8) is 0 Å². The van der Waals surface area contributed by atoms with Gasteiger partial charge < -0.3 is 15.2 Å². The molecule has 2 N–H and O–H groups in total. The minimum atomic E-state index is -0.942. The Hall–Kier alpha value is -2.63. The maximum absolute atomic E-state index is 11.0. The van der Waals surface area contributed by atoms with Gasteiger partial charge in [0.15, 0.2) is 0 Å². The fourth-order valence-electron chi connectivity index (χ4n) is 1.81. The summed E-state index contributed by atoms with van der Waals surface area (Å²) in [7, 11) is 1.54. The number of rotatable bonds is 4. The maximum Gasteiger partial charge on any atom is 0.335 e. The van der Waals surface area contributed by atoms with E-state index in [0.29, 0.717) is 17.4 Å². The molecule has 1 aromatic heterocycles. The van der Waals surface area contributed by atoms with Gasteiger partial charge in [-0.25, -0.2) is 9.78 Å². The highest BCUT2D eigenvalue weighted by molar-refractivity contribution is 5.90. The molecule has 0 aliphatic carbocycles. The minimum Gasteiger partial charge on any atom is -0.481 e. The number of ether oxygens (including phenoxy) is 1. The fraction of sp³-hybridized carbons (Fsp3) is 0.214. The Balaban J connectivity index is 2.28. The molecule has 2 rings (SSSR count). The SMILES string of the molecule is COc1cc(C)nc(Nc2ccc(C(=O)O)c(C)c2)n1. The zero-order valence-corrected chi connectivity index (χ0v) is 11.5. The predicted octanol–water partition coefficient (Wildman–Crippen LogP) is 2.54. The molecule has 20 heavy (non-hydrogen) atoms. The van der Waals surface area contributed by atoms with E-state index < -0.39 is 5.97 Å². The van der Waals surface area contributed by atoms with Crippen molar-refractivity contribution in [2.24, 2.45) is 0 Å². The van der Waals surface area contributed by atoms with E-state index in [1.54, 1.807) is 31.2 Å². The molecule has 0 atom stereocenters. The van der Waals surface area contributed by atoms with Gasteiger partial charge in [-0.3, -0.25) is 0 Å². The number of methoxy groups -OCH3 is 1. The third-order valence-electron chi connectivity index (χ3n) is 2.75. The number of aromatic nitrogens is 2. The molecular formula is C14H15N3O3. The molecule has 6 nitrogen and oxygen atoms in total. The molecule has 6 heteroatoms. The van der Waals surface area contributed by atoms with E-state index in [1.807, 2.05) is 6.92 Å². The molecule has 0 aliphatic rings. The van der Waals surface area contributed by atoms with E-state index in [2.05, 4.69) is 15.3 Å². The third kappa shape index (κ3) is 3.03. The van der Waals surface area contributed by atoms with Crippen LogP contribution in [0.3, 0.4) is 0 Å². The monoisotopic (exact) mass is 273 g/mol. The summed E-state index contributed by atoms with van der Waals surface area (Å²) in [4.78, 5) is 19.4. The standard InChI is InChI=1S/C14H15N3O3/c1-8-6-10(4-5-11(8)13(18)19)16-14-15-9(2)7-12(17-14)20-3/h4-7H,1-3H3,(H,18,19)(H,15,16,17). The summed E-state index contributed by atoms with van der Waals surface area (Å²) in [6.45, 7) is 3.58. The summed E-state index contributed by atoms with van der Waals surface area (Å²) >= 11 is 0. The van der Waals surface area contributed by atoms with E-state index in [4.69, 9.17) is 9.84 Å². The third-order valence-corrected chi connectivity index (χ3v) is 2.75. The minimum absolute atomic E-state index is 0.276. The Morgan fingerprint density at radius 3 is 2.60 bits per heavy atom. The summed E-state index contributed by atoms with van der Waals surface area (Å²) < 4.78 is 5.08. The molecule has 0 bridgehead atoms. The molecule has 0 spiro atoms. The molecule has 1 aromatic carbocycles. The van der Waals surface area contributed by atoms with E-state index in [-0.39, 0.29) is 5.56 Å². The van der Waals surface area contributed by atoms with Crippen LogP contribution in [0.25, 0.3) is 0 Å². The van der Waals surface area contributed by atoms with Crippen LogP contribution >= 0.6 is 0 Å². The molecule has 0 radical (unpaired) electrons. The number of carboxylic acid groups (broad SMARTS) is 1. The Morgan fingerprint density at radius 2 is 2.00 bits per heavy atom. The number of carbonyl (C=O) groups is 1. The molecule has 2 aromatic rings. The van der Waals surface area contributed by atoms with Crippen molar-refractivity contribution in [1.82, 2.24) is 9.97 Å². The summed E-state index contributed by atoms with van der Waals surface area (Å²) in [6, 6.07) is 6.69. The number of benzene rings is 1. The highest BCUT2D eigenvalue weighted by atomic mass is 16.5. The quantitative estimate of drug-likeness (QED) is 0.890. The van der Waals surface area contributed by atoms with Crippen LogP contribution in [0.15, 0.2) is 24.3 Å². The second-order valence-corrected chi connectivity index (χ2v) is 4.34. The van der Waals surface area contributed by atoms with Gasteiger partial charge in [-0.05, 0) is 37.6 Å². The number of aromatic carboxylic acids is 1. The van der Waals surface area contributed by atoms with Crippen molar-refractivity contribution in [2.45, 2.75) is 13.8 Å². The summed E-state index contributed by atoms with van der Waals surface area (Å²) in [5.41, 5.74) is 2.44. The van der Waals surface area contributed by atoms with Gasteiger partial charge in [0.05, 0.1) is 12.7 Å². The van der Waals surface area contributed by atoms with Crippen LogP contribution in [-0.4, -0.2) is 28.2 Å². The molecule has 0 unspecified atom stereocenters. The van der Waals surface area contributed by atoms with Gasteiger partial charge in [0, 0.05) is 17.4 Å². The molecule has 0 fully saturated rings. The smallest absolute Gasteiger partial charge is 0.335 e. The van der Waals surface area contributed by atoms with Crippen molar-refractivity contribution in [2.75, 3.05) is 12.4 Å². The lowest BCUT2D eigenvalue weighted by Crippen LogP contribution is -2.03. The Labute approximate surface area is 116 Å². The highest BCUT2D eigenvalue weighted by Gasteiger charge is 2.08. The summed E-state index contributed by atoms with van der Waals surface area (Å²) in [6.07, 6.45) is 0. The second-order valence-electron chi connectivity index (χ2n) is 4.34.